The number of benzene rings is 1. The maximum atomic E-state index is 15.1. The van der Waals surface area contributed by atoms with Gasteiger partial charge >= 0.3 is 16.6 Å². The summed E-state index contributed by atoms with van der Waals surface area (Å²) in [4.78, 5) is 24.0. The van der Waals surface area contributed by atoms with Gasteiger partial charge in [-0.1, -0.05) is 0 Å². The van der Waals surface area contributed by atoms with Crippen LogP contribution in [0.2, 0.25) is 0 Å². The number of nitro benzene ring substituents is 1. The molecule has 1 saturated heterocycles. The van der Waals surface area contributed by atoms with E-state index < -0.39 is 38.5 Å². The van der Waals surface area contributed by atoms with E-state index in [1.807, 2.05) is 0 Å². The number of alkyl halides is 1. The number of rotatable bonds is 5. The van der Waals surface area contributed by atoms with Crippen LogP contribution in [-0.2, 0) is 15.2 Å². The maximum Gasteiger partial charge on any atom is 0.410 e. The zero-order valence-electron chi connectivity index (χ0n) is 16.3. The highest BCUT2D eigenvalue weighted by Crippen LogP contribution is 2.32. The Bertz CT molecular complexity index is 912. The largest absolute Gasteiger partial charge is 0.444 e. The summed E-state index contributed by atoms with van der Waals surface area (Å²) in [5.41, 5.74) is -2.76. The van der Waals surface area contributed by atoms with E-state index in [2.05, 4.69) is 9.68 Å². The molecule has 1 N–H and O–H groups in total. The number of hydrogen-bond acceptors (Lipinski definition) is 8. The lowest BCUT2D eigenvalue weighted by molar-refractivity contribution is -0.383. The van der Waals surface area contributed by atoms with E-state index in [9.17, 15) is 23.3 Å². The van der Waals surface area contributed by atoms with E-state index in [-0.39, 0.29) is 43.9 Å². The van der Waals surface area contributed by atoms with Crippen LogP contribution in [0.4, 0.5) is 26.2 Å². The number of hydrogen-bond donors (Lipinski definition) is 1. The van der Waals surface area contributed by atoms with Crippen LogP contribution in [0.3, 0.4) is 0 Å². The van der Waals surface area contributed by atoms with E-state index in [1.165, 1.54) is 17.0 Å². The molecule has 1 amide bonds. The number of anilines is 1. The molecule has 0 aliphatic carbocycles. The number of piperidine rings is 1. The van der Waals surface area contributed by atoms with Crippen LogP contribution < -0.4 is 5.32 Å². The Hall–Kier alpha value is -2.76. The second-order valence-corrected chi connectivity index (χ2v) is 8.36. The van der Waals surface area contributed by atoms with Gasteiger partial charge in [0.2, 0.25) is 0 Å². The molecule has 160 valence electrons. The Morgan fingerprint density at radius 1 is 1.38 bits per heavy atom. The van der Waals surface area contributed by atoms with Crippen molar-refractivity contribution in [3.63, 3.8) is 0 Å². The predicted octanol–water partition coefficient (Wildman–Crippen LogP) is 3.44. The van der Waals surface area contributed by atoms with Crippen LogP contribution in [0.15, 0.2) is 22.6 Å². The second-order valence-electron chi connectivity index (χ2n) is 7.74. The number of nitrogens with zero attached hydrogens (tertiary/aromatic N) is 3. The van der Waals surface area contributed by atoms with E-state index in [1.54, 1.807) is 20.8 Å². The summed E-state index contributed by atoms with van der Waals surface area (Å²) >= 11 is 0. The fraction of sp³-hybridized carbons (Fsp3) is 0.588. The molecule has 0 unspecified atom stereocenters. The van der Waals surface area contributed by atoms with Crippen molar-refractivity contribution in [2.75, 3.05) is 25.0 Å². The van der Waals surface area contributed by atoms with Crippen molar-refractivity contribution >= 4 is 33.7 Å². The molecule has 0 saturated carbocycles. The Morgan fingerprint density at radius 2 is 2.00 bits per heavy atom. The van der Waals surface area contributed by atoms with Crippen molar-refractivity contribution in [3.05, 3.63) is 28.3 Å². The van der Waals surface area contributed by atoms with Crippen molar-refractivity contribution in [1.82, 2.24) is 4.90 Å². The summed E-state index contributed by atoms with van der Waals surface area (Å²) in [6.45, 7) is 5.39. The minimum atomic E-state index is -2.74. The molecule has 0 spiro atoms. The van der Waals surface area contributed by atoms with Gasteiger partial charge in [0.15, 0.2) is 0 Å². The van der Waals surface area contributed by atoms with Crippen LogP contribution in [-0.4, -0.2) is 55.2 Å². The molecular weight excluding hydrogens is 407 g/mol. The fourth-order valence-corrected chi connectivity index (χ4v) is 3.10. The number of halogens is 1. The Balaban J connectivity index is 2.02. The fourth-order valence-electron chi connectivity index (χ4n) is 2.81. The first-order valence-electron chi connectivity index (χ1n) is 8.89. The van der Waals surface area contributed by atoms with E-state index in [4.69, 9.17) is 4.74 Å². The van der Waals surface area contributed by atoms with Gasteiger partial charge in [-0.3, -0.25) is 10.1 Å². The summed E-state index contributed by atoms with van der Waals surface area (Å²) in [7, 11) is -2.74. The van der Waals surface area contributed by atoms with Crippen molar-refractivity contribution < 1.29 is 27.3 Å². The van der Waals surface area contributed by atoms with Crippen molar-refractivity contribution in [2.24, 2.45) is 4.36 Å². The highest BCUT2D eigenvalue weighted by atomic mass is 32.2. The van der Waals surface area contributed by atoms with Crippen LogP contribution in [0.1, 0.15) is 33.6 Å². The van der Waals surface area contributed by atoms with Crippen molar-refractivity contribution in [2.45, 2.75) is 44.9 Å². The zero-order chi connectivity index (χ0) is 21.8. The maximum absolute atomic E-state index is 15.1. The van der Waals surface area contributed by atoms with Crippen LogP contribution in [0.5, 0.6) is 0 Å². The van der Waals surface area contributed by atoms with Gasteiger partial charge in [0.25, 0.3) is 5.69 Å². The van der Waals surface area contributed by atoms with Crippen LogP contribution >= 0.6 is 0 Å². The number of nitrogens with one attached hydrogen (secondary N) is 1. The van der Waals surface area contributed by atoms with Gasteiger partial charge in [-0.15, -0.1) is 4.36 Å². The first-order valence-corrected chi connectivity index (χ1v) is 9.92. The Morgan fingerprint density at radius 3 is 2.52 bits per heavy atom. The van der Waals surface area contributed by atoms with Crippen molar-refractivity contribution in [3.8, 4) is 0 Å². The van der Waals surface area contributed by atoms with Gasteiger partial charge < -0.3 is 15.0 Å². The van der Waals surface area contributed by atoms with E-state index in [0.29, 0.717) is 0 Å². The number of carbonyl (C=O) groups is 1. The van der Waals surface area contributed by atoms with Gasteiger partial charge in [-0.2, -0.15) is 8.42 Å². The smallest absolute Gasteiger partial charge is 0.410 e. The molecule has 0 aromatic heterocycles. The Labute approximate surface area is 168 Å². The third-order valence-corrected chi connectivity index (χ3v) is 4.62. The third kappa shape index (κ3) is 6.66. The third-order valence-electron chi connectivity index (χ3n) is 4.26. The van der Waals surface area contributed by atoms with E-state index in [0.717, 1.165) is 6.07 Å². The number of ether oxygens (including phenoxy) is 1. The molecule has 10 nitrogen and oxygen atoms in total. The monoisotopic (exact) mass is 430 g/mol. The van der Waals surface area contributed by atoms with Gasteiger partial charge in [0.1, 0.15) is 17.0 Å². The van der Waals surface area contributed by atoms with Gasteiger partial charge in [-0.05, 0) is 32.9 Å². The first-order chi connectivity index (χ1) is 13.4. The SMILES string of the molecule is CC(C)(C)OC(=O)N1CCC(F)(CNc2ccc(N=S(=O)=O)cc2[N+](=O)[O-])CC1. The summed E-state index contributed by atoms with van der Waals surface area (Å²) in [6, 6.07) is 3.55. The quantitative estimate of drug-likeness (QED) is 0.559. The molecule has 0 bridgehead atoms. The highest BCUT2D eigenvalue weighted by molar-refractivity contribution is 7.61. The van der Waals surface area contributed by atoms with E-state index >= 15 is 4.39 Å². The molecule has 1 aliphatic heterocycles. The summed E-state index contributed by atoms with van der Waals surface area (Å²) in [5.74, 6) is 0. The molecule has 0 atom stereocenters. The number of nitro groups is 1. The average molecular weight is 430 g/mol. The van der Waals surface area contributed by atoms with Crippen LogP contribution in [0.25, 0.3) is 0 Å². The summed E-state index contributed by atoms with van der Waals surface area (Å²) in [5, 5.41) is 14.0. The lowest BCUT2D eigenvalue weighted by Gasteiger charge is -2.37. The number of carbonyl (C=O) groups excluding carboxylic acids is 1. The molecule has 1 aliphatic rings. The number of amides is 1. The van der Waals surface area contributed by atoms with Gasteiger partial charge in [0.05, 0.1) is 10.6 Å². The predicted molar refractivity (Wildman–Crippen MR) is 103 cm³/mol. The minimum absolute atomic E-state index is 0.0512. The Kier molecular flexibility index (Phi) is 6.77. The molecule has 1 fully saturated rings. The standard InChI is InChI=1S/C17H23FN4O6S/c1-16(2,3)28-15(23)21-8-6-17(18,7-9-21)11-19-13-5-4-12(20-29(26)27)10-14(13)22(24)25/h4-5,10,19H,6-9,11H2,1-3H3. The van der Waals surface area contributed by atoms with Gasteiger partial charge in [-0.25, -0.2) is 9.18 Å². The lowest BCUT2D eigenvalue weighted by atomic mass is 9.93. The van der Waals surface area contributed by atoms with Crippen LogP contribution in [0, 0.1) is 10.1 Å². The minimum Gasteiger partial charge on any atom is -0.444 e. The molecule has 29 heavy (non-hydrogen) atoms. The molecule has 1 aromatic rings. The number of likely N-dealkylation sites (tertiary alicyclic amines) is 1. The summed E-state index contributed by atoms with van der Waals surface area (Å²) < 4.78 is 44.8. The summed E-state index contributed by atoms with van der Waals surface area (Å²) in [6.07, 6.45) is -0.399. The van der Waals surface area contributed by atoms with Crippen molar-refractivity contribution in [1.29, 1.82) is 0 Å². The zero-order valence-corrected chi connectivity index (χ0v) is 17.2. The molecular formula is C17H23FN4O6S. The molecule has 1 aromatic carbocycles. The average Bonchev–Trinajstić information content (AvgIpc) is 2.59. The normalized spacial score (nSPS) is 16.1. The first kappa shape index (κ1) is 22.5. The van der Waals surface area contributed by atoms with Gasteiger partial charge in [0, 0.05) is 38.5 Å². The highest BCUT2D eigenvalue weighted by Gasteiger charge is 2.37. The lowest BCUT2D eigenvalue weighted by Crippen LogP contribution is -2.48. The molecule has 12 heteroatoms. The second kappa shape index (κ2) is 8.72. The molecule has 2 rings (SSSR count). The molecule has 1 heterocycles. The topological polar surface area (TPSA) is 131 Å². The molecule has 0 radical (unpaired) electrons.